The molecule has 0 saturated carbocycles. The predicted octanol–water partition coefficient (Wildman–Crippen LogP) is 5.98. The Labute approximate surface area is 189 Å². The van der Waals surface area contributed by atoms with Crippen molar-refractivity contribution in [1.82, 2.24) is 0 Å². The summed E-state index contributed by atoms with van der Waals surface area (Å²) in [5.74, 6) is 0.685. The Morgan fingerprint density at radius 3 is 2.38 bits per heavy atom. The molecule has 0 radical (unpaired) electrons. The lowest BCUT2D eigenvalue weighted by atomic mass is 9.93. The molecule has 0 aliphatic heterocycles. The van der Waals surface area contributed by atoms with E-state index in [2.05, 4.69) is 24.3 Å². The van der Waals surface area contributed by atoms with E-state index in [9.17, 15) is 9.90 Å². The fourth-order valence-electron chi connectivity index (χ4n) is 4.54. The van der Waals surface area contributed by atoms with Crippen LogP contribution in [-0.2, 0) is 19.3 Å². The third kappa shape index (κ3) is 4.54. The Balaban J connectivity index is 1.62. The number of carboxylic acids is 1. The summed E-state index contributed by atoms with van der Waals surface area (Å²) in [6.45, 7) is 1.86. The zero-order valence-corrected chi connectivity index (χ0v) is 18.8. The zero-order valence-electron chi connectivity index (χ0n) is 18.8. The Hall–Kier alpha value is -3.53. The van der Waals surface area contributed by atoms with Gasteiger partial charge in [-0.1, -0.05) is 36.4 Å². The minimum absolute atomic E-state index is 0.369. The van der Waals surface area contributed by atoms with Crippen molar-refractivity contribution in [2.75, 3.05) is 14.2 Å². The molecule has 3 aromatic carbocycles. The van der Waals surface area contributed by atoms with Crippen molar-refractivity contribution in [1.29, 1.82) is 0 Å². The van der Waals surface area contributed by atoms with Crippen LogP contribution in [0.3, 0.4) is 0 Å². The van der Waals surface area contributed by atoms with Crippen LogP contribution in [0.2, 0.25) is 0 Å². The van der Waals surface area contributed by atoms with Crippen LogP contribution in [-0.4, -0.2) is 25.3 Å². The van der Waals surface area contributed by atoms with Gasteiger partial charge in [-0.25, -0.2) is 4.79 Å². The number of hydrogen-bond acceptors (Lipinski definition) is 3. The summed E-state index contributed by atoms with van der Waals surface area (Å²) in [4.78, 5) is 11.3. The number of ether oxygens (including phenoxy) is 2. The van der Waals surface area contributed by atoms with E-state index in [1.165, 1.54) is 22.3 Å². The first kappa shape index (κ1) is 21.7. The van der Waals surface area contributed by atoms with Crippen LogP contribution < -0.4 is 9.47 Å². The van der Waals surface area contributed by atoms with Gasteiger partial charge in [-0.3, -0.25) is 0 Å². The number of carbonyl (C=O) groups is 1. The van der Waals surface area contributed by atoms with Crippen molar-refractivity contribution >= 4 is 17.6 Å². The maximum Gasteiger partial charge on any atom is 0.335 e. The molecule has 4 rings (SSSR count). The maximum atomic E-state index is 11.3. The standard InChI is InChI=1S/C28H28O4/c1-18-13-19(8-12-26(18)28(29)30)7-9-21-5-4-6-22-10-11-23(27(21)22)14-20-15-24(31-2)17-25(16-20)32-3/h4-6,8,12-17H,7,9-11H2,1-3H3,(H,29,30). The summed E-state index contributed by atoms with van der Waals surface area (Å²) in [7, 11) is 3.33. The molecule has 0 unspecified atom stereocenters. The number of hydrogen-bond donors (Lipinski definition) is 1. The SMILES string of the molecule is COc1cc(C=C2CCc3cccc(CCc4ccc(C(=O)O)c(C)c4)c32)cc(OC)c1. The Bertz CT molecular complexity index is 1170. The maximum absolute atomic E-state index is 11.3. The lowest BCUT2D eigenvalue weighted by Gasteiger charge is -2.12. The molecule has 164 valence electrons. The van der Waals surface area contributed by atoms with Crippen LogP contribution >= 0.6 is 0 Å². The van der Waals surface area contributed by atoms with E-state index in [4.69, 9.17) is 9.47 Å². The lowest BCUT2D eigenvalue weighted by molar-refractivity contribution is 0.0696. The van der Waals surface area contributed by atoms with E-state index in [1.54, 1.807) is 20.3 Å². The van der Waals surface area contributed by atoms with Crippen LogP contribution in [0.1, 0.15) is 50.2 Å². The first-order chi connectivity index (χ1) is 15.5. The molecule has 1 aliphatic carbocycles. The summed E-state index contributed by atoms with van der Waals surface area (Å²) in [5, 5.41) is 9.26. The molecule has 0 atom stereocenters. The van der Waals surface area contributed by atoms with Crippen molar-refractivity contribution in [3.05, 3.63) is 93.5 Å². The van der Waals surface area contributed by atoms with Gasteiger partial charge in [0.2, 0.25) is 0 Å². The molecule has 0 amide bonds. The van der Waals surface area contributed by atoms with Crippen LogP contribution in [0.15, 0.2) is 54.6 Å². The fraction of sp³-hybridized carbons (Fsp3) is 0.250. The van der Waals surface area contributed by atoms with Crippen LogP contribution in [0.25, 0.3) is 11.6 Å². The van der Waals surface area contributed by atoms with Gasteiger partial charge in [0.1, 0.15) is 11.5 Å². The van der Waals surface area contributed by atoms with E-state index in [1.807, 2.05) is 37.3 Å². The van der Waals surface area contributed by atoms with Crippen molar-refractivity contribution < 1.29 is 19.4 Å². The van der Waals surface area contributed by atoms with Gasteiger partial charge in [-0.2, -0.15) is 0 Å². The number of benzene rings is 3. The van der Waals surface area contributed by atoms with Crippen LogP contribution in [0, 0.1) is 6.92 Å². The molecule has 0 fully saturated rings. The number of carboxylic acid groups (broad SMARTS) is 1. The molecule has 4 heteroatoms. The minimum atomic E-state index is -0.876. The molecule has 0 bridgehead atoms. The molecule has 4 nitrogen and oxygen atoms in total. The number of allylic oxidation sites excluding steroid dienone is 1. The van der Waals surface area contributed by atoms with Gasteiger partial charge in [-0.15, -0.1) is 0 Å². The number of aromatic carboxylic acids is 1. The Kier molecular flexibility index (Phi) is 6.31. The van der Waals surface area contributed by atoms with E-state index in [0.29, 0.717) is 5.56 Å². The molecule has 32 heavy (non-hydrogen) atoms. The third-order valence-corrected chi connectivity index (χ3v) is 6.14. The molecular weight excluding hydrogens is 400 g/mol. The van der Waals surface area contributed by atoms with Gasteiger partial charge in [-0.05, 0) is 89.8 Å². The summed E-state index contributed by atoms with van der Waals surface area (Å²) < 4.78 is 10.9. The number of rotatable bonds is 7. The van der Waals surface area contributed by atoms with Gasteiger partial charge in [0.15, 0.2) is 0 Å². The normalized spacial score (nSPS) is 13.8. The molecule has 1 aliphatic rings. The summed E-state index contributed by atoms with van der Waals surface area (Å²) in [6.07, 6.45) is 6.08. The van der Waals surface area contributed by atoms with E-state index in [-0.39, 0.29) is 0 Å². The molecule has 1 N–H and O–H groups in total. The number of methoxy groups -OCH3 is 2. The smallest absolute Gasteiger partial charge is 0.335 e. The molecule has 3 aromatic rings. The second-order valence-corrected chi connectivity index (χ2v) is 8.22. The van der Waals surface area contributed by atoms with Crippen LogP contribution in [0.5, 0.6) is 11.5 Å². The van der Waals surface area contributed by atoms with Gasteiger partial charge < -0.3 is 14.6 Å². The largest absolute Gasteiger partial charge is 0.497 e. The fourth-order valence-corrected chi connectivity index (χ4v) is 4.54. The van der Waals surface area contributed by atoms with E-state index >= 15 is 0 Å². The highest BCUT2D eigenvalue weighted by atomic mass is 16.5. The average Bonchev–Trinajstić information content (AvgIpc) is 3.20. The highest BCUT2D eigenvalue weighted by molar-refractivity contribution is 5.89. The summed E-state index contributed by atoms with van der Waals surface area (Å²) in [6, 6.07) is 18.2. The molecule has 0 heterocycles. The van der Waals surface area contributed by atoms with Crippen molar-refractivity contribution in [3.8, 4) is 11.5 Å². The van der Waals surface area contributed by atoms with E-state index < -0.39 is 5.97 Å². The predicted molar refractivity (Wildman–Crippen MR) is 128 cm³/mol. The highest BCUT2D eigenvalue weighted by Gasteiger charge is 2.20. The van der Waals surface area contributed by atoms with Crippen LogP contribution in [0.4, 0.5) is 0 Å². The van der Waals surface area contributed by atoms with Crippen molar-refractivity contribution in [2.24, 2.45) is 0 Å². The van der Waals surface area contributed by atoms with E-state index in [0.717, 1.165) is 53.9 Å². The summed E-state index contributed by atoms with van der Waals surface area (Å²) >= 11 is 0. The van der Waals surface area contributed by atoms with Gasteiger partial charge >= 0.3 is 5.97 Å². The monoisotopic (exact) mass is 428 g/mol. The molecule has 0 spiro atoms. The topological polar surface area (TPSA) is 55.8 Å². The molecular formula is C28H28O4. The quantitative estimate of drug-likeness (QED) is 0.503. The zero-order chi connectivity index (χ0) is 22.7. The first-order valence-electron chi connectivity index (χ1n) is 10.9. The average molecular weight is 429 g/mol. The number of aryl methyl sites for hydroxylation is 4. The molecule has 0 aromatic heterocycles. The lowest BCUT2D eigenvalue weighted by Crippen LogP contribution is -2.01. The van der Waals surface area contributed by atoms with Gasteiger partial charge in [0.05, 0.1) is 19.8 Å². The first-order valence-corrected chi connectivity index (χ1v) is 10.9. The van der Waals surface area contributed by atoms with Crippen molar-refractivity contribution in [2.45, 2.75) is 32.6 Å². The van der Waals surface area contributed by atoms with Gasteiger partial charge in [0, 0.05) is 6.07 Å². The number of fused-ring (bicyclic) bond motifs is 1. The summed E-state index contributed by atoms with van der Waals surface area (Å²) in [5.41, 5.74) is 8.82. The third-order valence-electron chi connectivity index (χ3n) is 6.14. The second-order valence-electron chi connectivity index (χ2n) is 8.22. The van der Waals surface area contributed by atoms with Crippen molar-refractivity contribution in [3.63, 3.8) is 0 Å². The Morgan fingerprint density at radius 2 is 1.72 bits per heavy atom. The van der Waals surface area contributed by atoms with Gasteiger partial charge in [0.25, 0.3) is 0 Å². The second kappa shape index (κ2) is 9.31. The highest BCUT2D eigenvalue weighted by Crippen LogP contribution is 2.37. The molecule has 0 saturated heterocycles. The minimum Gasteiger partial charge on any atom is -0.497 e. The Morgan fingerprint density at radius 1 is 0.969 bits per heavy atom.